The summed E-state index contributed by atoms with van der Waals surface area (Å²) in [6, 6.07) is -0.299. The number of nitrogens with zero attached hydrogens (tertiary/aromatic N) is 4. The molecule has 2 N–H and O–H groups in total. The van der Waals surface area contributed by atoms with Crippen LogP contribution in [0.4, 0.5) is 0 Å². The summed E-state index contributed by atoms with van der Waals surface area (Å²) in [6.07, 6.45) is 0.789. The Morgan fingerprint density at radius 3 is 2.42 bits per heavy atom. The minimum Gasteiger partial charge on any atom is -0.324 e. The van der Waals surface area contributed by atoms with E-state index in [2.05, 4.69) is 4.98 Å². The first-order valence-corrected chi connectivity index (χ1v) is 6.31. The predicted octanol–water partition coefficient (Wildman–Crippen LogP) is -0.137. The largest absolute Gasteiger partial charge is 0.332 e. The van der Waals surface area contributed by atoms with Gasteiger partial charge >= 0.3 is 5.69 Å². The number of aromatic nitrogens is 4. The molecule has 0 saturated carbocycles. The number of aryl methyl sites for hydroxylation is 2. The van der Waals surface area contributed by atoms with Gasteiger partial charge in [0.2, 0.25) is 0 Å². The molecule has 0 aromatic carbocycles. The molecule has 0 aliphatic carbocycles. The van der Waals surface area contributed by atoms with Crippen LogP contribution in [0.1, 0.15) is 32.1 Å². The van der Waals surface area contributed by atoms with Crippen molar-refractivity contribution in [1.29, 1.82) is 0 Å². The van der Waals surface area contributed by atoms with Gasteiger partial charge in [0.15, 0.2) is 11.2 Å². The summed E-state index contributed by atoms with van der Waals surface area (Å²) in [5.74, 6) is 0.600. The minimum absolute atomic E-state index is 0.299. The van der Waals surface area contributed by atoms with Crippen molar-refractivity contribution < 1.29 is 0 Å². The molecule has 7 nitrogen and oxygen atoms in total. The van der Waals surface area contributed by atoms with Crippen molar-refractivity contribution >= 4 is 11.2 Å². The van der Waals surface area contributed by atoms with Crippen LogP contribution < -0.4 is 17.0 Å². The summed E-state index contributed by atoms with van der Waals surface area (Å²) >= 11 is 0. The highest BCUT2D eigenvalue weighted by Crippen LogP contribution is 2.14. The average molecular weight is 265 g/mol. The van der Waals surface area contributed by atoms with Crippen molar-refractivity contribution in [2.24, 2.45) is 19.8 Å². The van der Waals surface area contributed by atoms with E-state index in [1.54, 1.807) is 18.5 Å². The molecule has 2 heterocycles. The normalized spacial score (nSPS) is 13.1. The fourth-order valence-corrected chi connectivity index (χ4v) is 2.28. The second-order valence-electron chi connectivity index (χ2n) is 4.79. The predicted molar refractivity (Wildman–Crippen MR) is 73.1 cm³/mol. The number of fused-ring (bicyclic) bond motifs is 1. The van der Waals surface area contributed by atoms with Crippen LogP contribution >= 0.6 is 0 Å². The third-order valence-corrected chi connectivity index (χ3v) is 3.25. The van der Waals surface area contributed by atoms with E-state index < -0.39 is 0 Å². The van der Waals surface area contributed by atoms with E-state index in [0.717, 1.165) is 11.0 Å². The Kier molecular flexibility index (Phi) is 3.32. The first kappa shape index (κ1) is 13.5. The molecule has 19 heavy (non-hydrogen) atoms. The molecule has 0 amide bonds. The average Bonchev–Trinajstić information content (AvgIpc) is 2.70. The highest BCUT2D eigenvalue weighted by molar-refractivity contribution is 5.71. The summed E-state index contributed by atoms with van der Waals surface area (Å²) in [5.41, 5.74) is 6.01. The zero-order chi connectivity index (χ0) is 14.3. The van der Waals surface area contributed by atoms with Gasteiger partial charge in [0, 0.05) is 20.6 Å². The van der Waals surface area contributed by atoms with Crippen LogP contribution in [0.5, 0.6) is 0 Å². The number of hydrogen-bond acceptors (Lipinski definition) is 4. The zero-order valence-corrected chi connectivity index (χ0v) is 11.7. The first-order chi connectivity index (χ1) is 8.90. The van der Waals surface area contributed by atoms with Gasteiger partial charge < -0.3 is 10.3 Å². The molecule has 2 aromatic heterocycles. The van der Waals surface area contributed by atoms with E-state index in [0.29, 0.717) is 23.5 Å². The van der Waals surface area contributed by atoms with Crippen molar-refractivity contribution in [1.82, 2.24) is 18.7 Å². The van der Waals surface area contributed by atoms with E-state index in [1.165, 1.54) is 11.6 Å². The van der Waals surface area contributed by atoms with Crippen molar-refractivity contribution in [3.8, 4) is 0 Å². The molecule has 1 atom stereocenters. The molecule has 0 spiro atoms. The summed E-state index contributed by atoms with van der Waals surface area (Å²) < 4.78 is 4.32. The lowest BCUT2D eigenvalue weighted by atomic mass is 10.3. The second kappa shape index (κ2) is 4.65. The number of rotatable bonds is 3. The van der Waals surface area contributed by atoms with Crippen molar-refractivity contribution in [2.45, 2.75) is 32.9 Å². The van der Waals surface area contributed by atoms with E-state index in [1.807, 2.05) is 6.92 Å². The minimum atomic E-state index is -0.339. The third-order valence-electron chi connectivity index (χ3n) is 3.25. The number of hydrogen-bond donors (Lipinski definition) is 1. The maximum absolute atomic E-state index is 12.2. The van der Waals surface area contributed by atoms with Crippen LogP contribution in [0, 0.1) is 0 Å². The Hall–Kier alpha value is -1.89. The summed E-state index contributed by atoms with van der Waals surface area (Å²) in [7, 11) is 3.23. The Balaban J connectivity index is 2.99. The Morgan fingerprint density at radius 1 is 1.26 bits per heavy atom. The molecule has 2 rings (SSSR count). The van der Waals surface area contributed by atoms with Gasteiger partial charge in [-0.2, -0.15) is 0 Å². The number of nitrogens with two attached hydrogens (primary N) is 1. The lowest BCUT2D eigenvalue weighted by molar-refractivity contribution is 0.610. The standard InChI is InChI=1S/C12H19N5O2/c1-5-6-17-10-8(11(18)16(4)12(17)19)15(3)9(14-10)7(2)13/h7H,5-6,13H2,1-4H3. The van der Waals surface area contributed by atoms with Crippen LogP contribution in [0.2, 0.25) is 0 Å². The molecule has 0 radical (unpaired) electrons. The quantitative estimate of drug-likeness (QED) is 0.837. The lowest BCUT2D eigenvalue weighted by Gasteiger charge is -2.07. The maximum atomic E-state index is 12.2. The zero-order valence-electron chi connectivity index (χ0n) is 11.7. The Morgan fingerprint density at radius 2 is 1.89 bits per heavy atom. The molecule has 0 fully saturated rings. The molecule has 1 unspecified atom stereocenters. The van der Waals surface area contributed by atoms with Crippen LogP contribution in [-0.2, 0) is 20.6 Å². The molecule has 7 heteroatoms. The Bertz CT molecular complexity index is 735. The molecular formula is C12H19N5O2. The van der Waals surface area contributed by atoms with E-state index in [4.69, 9.17) is 5.73 Å². The molecule has 0 saturated heterocycles. The SMILES string of the molecule is CCCn1c(=O)n(C)c(=O)c2c1nc(C(C)N)n2C. The Labute approximate surface area is 110 Å². The summed E-state index contributed by atoms with van der Waals surface area (Å²) in [4.78, 5) is 28.7. The maximum Gasteiger partial charge on any atom is 0.332 e. The topological polar surface area (TPSA) is 87.8 Å². The fourth-order valence-electron chi connectivity index (χ4n) is 2.28. The molecule has 0 aliphatic heterocycles. The van der Waals surface area contributed by atoms with E-state index >= 15 is 0 Å². The second-order valence-corrected chi connectivity index (χ2v) is 4.79. The molecule has 104 valence electrons. The van der Waals surface area contributed by atoms with Crippen molar-refractivity contribution in [3.63, 3.8) is 0 Å². The molecule has 2 aromatic rings. The van der Waals surface area contributed by atoms with Crippen LogP contribution in [0.15, 0.2) is 9.59 Å². The highest BCUT2D eigenvalue weighted by Gasteiger charge is 2.19. The van der Waals surface area contributed by atoms with E-state index in [-0.39, 0.29) is 17.3 Å². The van der Waals surface area contributed by atoms with E-state index in [9.17, 15) is 9.59 Å². The van der Waals surface area contributed by atoms with Gasteiger partial charge in [0.05, 0.1) is 6.04 Å². The van der Waals surface area contributed by atoms with Crippen LogP contribution in [0.3, 0.4) is 0 Å². The number of imidazole rings is 1. The lowest BCUT2D eigenvalue weighted by Crippen LogP contribution is -2.38. The van der Waals surface area contributed by atoms with Gasteiger partial charge in [0.25, 0.3) is 5.56 Å². The summed E-state index contributed by atoms with van der Waals surface area (Å²) in [5, 5.41) is 0. The van der Waals surface area contributed by atoms with Gasteiger partial charge in [-0.05, 0) is 13.3 Å². The smallest absolute Gasteiger partial charge is 0.324 e. The van der Waals surface area contributed by atoms with Gasteiger partial charge in [0.1, 0.15) is 5.82 Å². The first-order valence-electron chi connectivity index (χ1n) is 6.31. The highest BCUT2D eigenvalue weighted by atomic mass is 16.2. The fraction of sp³-hybridized carbons (Fsp3) is 0.583. The van der Waals surface area contributed by atoms with Gasteiger partial charge in [-0.15, -0.1) is 0 Å². The summed E-state index contributed by atoms with van der Waals surface area (Å²) in [6.45, 7) is 4.30. The third kappa shape index (κ3) is 1.90. The molecule has 0 aliphatic rings. The van der Waals surface area contributed by atoms with Gasteiger partial charge in [-0.1, -0.05) is 6.92 Å². The van der Waals surface area contributed by atoms with Crippen molar-refractivity contribution in [3.05, 3.63) is 26.7 Å². The van der Waals surface area contributed by atoms with Crippen LogP contribution in [-0.4, -0.2) is 18.7 Å². The molecule has 0 bridgehead atoms. The van der Waals surface area contributed by atoms with Crippen LogP contribution in [0.25, 0.3) is 11.2 Å². The van der Waals surface area contributed by atoms with Gasteiger partial charge in [-0.3, -0.25) is 13.9 Å². The molecular weight excluding hydrogens is 246 g/mol. The van der Waals surface area contributed by atoms with Crippen molar-refractivity contribution in [2.75, 3.05) is 0 Å². The van der Waals surface area contributed by atoms with Gasteiger partial charge in [-0.25, -0.2) is 9.78 Å². The monoisotopic (exact) mass is 265 g/mol.